The number of aryl methyl sites for hydroxylation is 4. The van der Waals surface area contributed by atoms with Crippen molar-refractivity contribution in [2.75, 3.05) is 0 Å². The standard InChI is InChI=1S/2C9H10O2.Cd/c2*1-6-3-4-8(9(10)11)5-7(6)2;/h2*3-5H,1-2H3,(H,10,11);. The second-order valence-electron chi connectivity index (χ2n) is 5.21. The van der Waals surface area contributed by atoms with Crippen LogP contribution in [-0.4, -0.2) is 22.2 Å². The van der Waals surface area contributed by atoms with Gasteiger partial charge in [-0.3, -0.25) is 0 Å². The van der Waals surface area contributed by atoms with Crippen LogP contribution in [0.1, 0.15) is 43.0 Å². The van der Waals surface area contributed by atoms with Gasteiger partial charge < -0.3 is 10.2 Å². The SMILES string of the molecule is Cc1ccc(C(=O)O)cc1C.Cc1ccc(C(=O)O)cc1C.[Cd]. The molecule has 0 bridgehead atoms. The van der Waals surface area contributed by atoms with Gasteiger partial charge >= 0.3 is 11.9 Å². The van der Waals surface area contributed by atoms with Crippen LogP contribution in [0.5, 0.6) is 0 Å². The Balaban J connectivity index is 0.000000403. The zero-order valence-corrected chi connectivity index (χ0v) is 17.9. The van der Waals surface area contributed by atoms with Crippen molar-refractivity contribution >= 4 is 11.9 Å². The minimum Gasteiger partial charge on any atom is -0.478 e. The molecule has 0 unspecified atom stereocenters. The number of aromatic carboxylic acids is 2. The molecule has 2 aromatic carbocycles. The van der Waals surface area contributed by atoms with Crippen molar-refractivity contribution < 1.29 is 47.1 Å². The number of hydrogen-bond donors (Lipinski definition) is 2. The number of carboxylic acids is 2. The monoisotopic (exact) mass is 414 g/mol. The summed E-state index contributed by atoms with van der Waals surface area (Å²) in [6, 6.07) is 10.2. The van der Waals surface area contributed by atoms with E-state index in [-0.39, 0.29) is 27.3 Å². The van der Waals surface area contributed by atoms with Gasteiger partial charge in [0.05, 0.1) is 11.1 Å². The molecule has 0 radical (unpaired) electrons. The van der Waals surface area contributed by atoms with Gasteiger partial charge in [-0.2, -0.15) is 0 Å². The van der Waals surface area contributed by atoms with Crippen molar-refractivity contribution in [2.24, 2.45) is 0 Å². The van der Waals surface area contributed by atoms with Crippen LogP contribution in [0.3, 0.4) is 0 Å². The summed E-state index contributed by atoms with van der Waals surface area (Å²) in [5.41, 5.74) is 4.99. The maximum absolute atomic E-state index is 10.5. The Morgan fingerprint density at radius 2 is 0.957 bits per heavy atom. The summed E-state index contributed by atoms with van der Waals surface area (Å²) in [6.45, 7) is 7.73. The summed E-state index contributed by atoms with van der Waals surface area (Å²) < 4.78 is 0. The predicted molar refractivity (Wildman–Crippen MR) is 85.8 cm³/mol. The van der Waals surface area contributed by atoms with Gasteiger partial charge in [-0.15, -0.1) is 0 Å². The quantitative estimate of drug-likeness (QED) is 0.731. The molecule has 4 nitrogen and oxygen atoms in total. The van der Waals surface area contributed by atoms with Gasteiger partial charge in [0.1, 0.15) is 0 Å². The second kappa shape index (κ2) is 9.44. The average molecular weight is 413 g/mol. The van der Waals surface area contributed by atoms with E-state index in [0.717, 1.165) is 22.3 Å². The van der Waals surface area contributed by atoms with E-state index in [1.165, 1.54) is 0 Å². The number of carboxylic acid groups (broad SMARTS) is 2. The first-order chi connectivity index (χ1) is 10.2. The van der Waals surface area contributed by atoms with Crippen molar-refractivity contribution in [1.29, 1.82) is 0 Å². The summed E-state index contributed by atoms with van der Waals surface area (Å²) in [5, 5.41) is 17.2. The fraction of sp³-hybridized carbons (Fsp3) is 0.222. The molecule has 23 heavy (non-hydrogen) atoms. The van der Waals surface area contributed by atoms with E-state index in [4.69, 9.17) is 10.2 Å². The Kier molecular flexibility index (Phi) is 8.75. The largest absolute Gasteiger partial charge is 0.478 e. The molecule has 0 fully saturated rings. The van der Waals surface area contributed by atoms with Crippen molar-refractivity contribution in [3.63, 3.8) is 0 Å². The first kappa shape index (κ1) is 21.3. The normalized spacial score (nSPS) is 9.22. The first-order valence-electron chi connectivity index (χ1n) is 6.83. The van der Waals surface area contributed by atoms with Crippen molar-refractivity contribution in [2.45, 2.75) is 27.7 Å². The Hall–Kier alpha value is -1.70. The minimum absolute atomic E-state index is 0. The van der Waals surface area contributed by atoms with Crippen LogP contribution in [0.15, 0.2) is 36.4 Å². The zero-order valence-electron chi connectivity index (χ0n) is 13.9. The van der Waals surface area contributed by atoms with Crippen molar-refractivity contribution in [3.8, 4) is 0 Å². The first-order valence-corrected chi connectivity index (χ1v) is 6.83. The Morgan fingerprint density at radius 1 is 0.652 bits per heavy atom. The van der Waals surface area contributed by atoms with E-state index in [0.29, 0.717) is 11.1 Å². The van der Waals surface area contributed by atoms with Crippen LogP contribution in [0.25, 0.3) is 0 Å². The molecule has 0 aromatic heterocycles. The summed E-state index contributed by atoms with van der Waals surface area (Å²) >= 11 is 0. The van der Waals surface area contributed by atoms with Gasteiger partial charge in [0.2, 0.25) is 0 Å². The summed E-state index contributed by atoms with van der Waals surface area (Å²) in [7, 11) is 0. The van der Waals surface area contributed by atoms with Crippen LogP contribution in [0, 0.1) is 27.7 Å². The Bertz CT molecular complexity index is 647. The minimum atomic E-state index is -0.867. The molecule has 2 rings (SSSR count). The van der Waals surface area contributed by atoms with Gasteiger partial charge in [-0.1, -0.05) is 12.1 Å². The van der Waals surface area contributed by atoms with E-state index >= 15 is 0 Å². The van der Waals surface area contributed by atoms with E-state index in [9.17, 15) is 9.59 Å². The molecule has 0 aliphatic rings. The number of carbonyl (C=O) groups is 2. The van der Waals surface area contributed by atoms with E-state index in [1.54, 1.807) is 24.3 Å². The molecule has 2 aromatic rings. The third-order valence-electron chi connectivity index (χ3n) is 3.51. The molecule has 118 valence electrons. The third kappa shape index (κ3) is 6.52. The molecule has 0 aliphatic carbocycles. The predicted octanol–water partition coefficient (Wildman–Crippen LogP) is 4.00. The van der Waals surface area contributed by atoms with Gasteiger partial charge in [0, 0.05) is 27.3 Å². The van der Waals surface area contributed by atoms with E-state index in [1.807, 2.05) is 39.8 Å². The number of rotatable bonds is 2. The Labute approximate surface area is 156 Å². The van der Waals surface area contributed by atoms with Gasteiger partial charge in [0.15, 0.2) is 0 Å². The molecule has 0 atom stereocenters. The third-order valence-corrected chi connectivity index (χ3v) is 3.51. The van der Waals surface area contributed by atoms with Crippen LogP contribution >= 0.6 is 0 Å². The van der Waals surface area contributed by atoms with Gasteiger partial charge in [0.25, 0.3) is 0 Å². The number of benzene rings is 2. The summed E-state index contributed by atoms with van der Waals surface area (Å²) in [5.74, 6) is -1.73. The van der Waals surface area contributed by atoms with Gasteiger partial charge in [-0.25, -0.2) is 9.59 Å². The number of hydrogen-bond acceptors (Lipinski definition) is 2. The second-order valence-corrected chi connectivity index (χ2v) is 5.21. The fourth-order valence-corrected chi connectivity index (χ4v) is 1.75. The van der Waals surface area contributed by atoms with Crippen LogP contribution in [-0.2, 0) is 27.3 Å². The average Bonchev–Trinajstić information content (AvgIpc) is 2.45. The molecule has 2 N–H and O–H groups in total. The van der Waals surface area contributed by atoms with E-state index < -0.39 is 11.9 Å². The molecule has 0 aliphatic heterocycles. The summed E-state index contributed by atoms with van der Waals surface area (Å²) in [6.07, 6.45) is 0. The maximum atomic E-state index is 10.5. The molecule has 5 heteroatoms. The van der Waals surface area contributed by atoms with Crippen LogP contribution < -0.4 is 0 Å². The van der Waals surface area contributed by atoms with Crippen molar-refractivity contribution in [1.82, 2.24) is 0 Å². The van der Waals surface area contributed by atoms with Crippen LogP contribution in [0.4, 0.5) is 0 Å². The zero-order chi connectivity index (χ0) is 16.9. The molecular formula is C18H20CdO4. The molecule has 0 heterocycles. The Morgan fingerprint density at radius 3 is 1.17 bits per heavy atom. The molecule has 0 saturated carbocycles. The van der Waals surface area contributed by atoms with Crippen LogP contribution in [0.2, 0.25) is 0 Å². The van der Waals surface area contributed by atoms with Crippen molar-refractivity contribution in [3.05, 3.63) is 69.8 Å². The molecule has 0 spiro atoms. The maximum Gasteiger partial charge on any atom is 0.335 e. The summed E-state index contributed by atoms with van der Waals surface area (Å²) in [4.78, 5) is 20.9. The fourth-order valence-electron chi connectivity index (χ4n) is 1.75. The molecular weight excluding hydrogens is 393 g/mol. The molecule has 0 amide bonds. The topological polar surface area (TPSA) is 74.6 Å². The van der Waals surface area contributed by atoms with Gasteiger partial charge in [-0.05, 0) is 74.2 Å². The molecule has 0 saturated heterocycles. The smallest absolute Gasteiger partial charge is 0.335 e. The van der Waals surface area contributed by atoms with E-state index in [2.05, 4.69) is 0 Å².